The van der Waals surface area contributed by atoms with Gasteiger partial charge in [0.15, 0.2) is 0 Å². The van der Waals surface area contributed by atoms with E-state index < -0.39 is 0 Å². The Morgan fingerprint density at radius 3 is 2.93 bits per heavy atom. The van der Waals surface area contributed by atoms with Gasteiger partial charge in [-0.05, 0) is 24.7 Å². The molecule has 0 saturated heterocycles. The summed E-state index contributed by atoms with van der Waals surface area (Å²) < 4.78 is 0. The van der Waals surface area contributed by atoms with Gasteiger partial charge in [-0.15, -0.1) is 5.10 Å². The number of nitrogens with zero attached hydrogens (tertiary/aromatic N) is 2. The van der Waals surface area contributed by atoms with E-state index in [4.69, 9.17) is 5.73 Å². The molecule has 5 heteroatoms. The zero-order chi connectivity index (χ0) is 10.9. The Kier molecular flexibility index (Phi) is 2.54. The van der Waals surface area contributed by atoms with Crippen molar-refractivity contribution in [2.24, 2.45) is 5.41 Å². The molecule has 0 bridgehead atoms. The molecule has 0 aromatic carbocycles. The molecule has 1 aliphatic carbocycles. The number of nitrogens with two attached hydrogens (primary N) is 1. The SMILES string of the molecule is CC1(C)CCCC(Nc2n[nH]c(N)n2)C1. The monoisotopic (exact) mass is 209 g/mol. The highest BCUT2D eigenvalue weighted by atomic mass is 15.3. The lowest BCUT2D eigenvalue weighted by atomic mass is 9.75. The van der Waals surface area contributed by atoms with Gasteiger partial charge in [-0.3, -0.25) is 0 Å². The molecule has 1 aliphatic rings. The molecule has 84 valence electrons. The highest BCUT2D eigenvalue weighted by Gasteiger charge is 2.28. The van der Waals surface area contributed by atoms with Crippen molar-refractivity contribution in [3.8, 4) is 0 Å². The van der Waals surface area contributed by atoms with Crippen LogP contribution in [0.2, 0.25) is 0 Å². The fourth-order valence-electron chi connectivity index (χ4n) is 2.34. The number of nitrogens with one attached hydrogen (secondary N) is 2. The molecule has 2 rings (SSSR count). The lowest BCUT2D eigenvalue weighted by Crippen LogP contribution is -2.32. The lowest BCUT2D eigenvalue weighted by Gasteiger charge is -2.35. The van der Waals surface area contributed by atoms with Gasteiger partial charge in [-0.1, -0.05) is 20.3 Å². The number of hydrogen-bond donors (Lipinski definition) is 3. The first-order valence-electron chi connectivity index (χ1n) is 5.50. The van der Waals surface area contributed by atoms with Gasteiger partial charge in [0.05, 0.1) is 0 Å². The zero-order valence-corrected chi connectivity index (χ0v) is 9.38. The van der Waals surface area contributed by atoms with Gasteiger partial charge >= 0.3 is 0 Å². The van der Waals surface area contributed by atoms with Crippen LogP contribution in [0.4, 0.5) is 11.9 Å². The summed E-state index contributed by atoms with van der Waals surface area (Å²) in [6.07, 6.45) is 4.94. The maximum atomic E-state index is 5.47. The molecule has 1 unspecified atom stereocenters. The van der Waals surface area contributed by atoms with E-state index in [1.165, 1.54) is 25.7 Å². The van der Waals surface area contributed by atoms with Crippen molar-refractivity contribution in [2.45, 2.75) is 45.6 Å². The van der Waals surface area contributed by atoms with Crippen molar-refractivity contribution < 1.29 is 0 Å². The predicted octanol–water partition coefficient (Wildman–Crippen LogP) is 1.77. The van der Waals surface area contributed by atoms with E-state index in [9.17, 15) is 0 Å². The summed E-state index contributed by atoms with van der Waals surface area (Å²) in [6, 6.07) is 0.476. The third kappa shape index (κ3) is 2.61. The number of aromatic nitrogens is 3. The second-order valence-corrected chi connectivity index (χ2v) is 5.15. The molecule has 0 amide bonds. The molecule has 0 spiro atoms. The van der Waals surface area contributed by atoms with Crippen molar-refractivity contribution >= 4 is 11.9 Å². The van der Waals surface area contributed by atoms with Gasteiger partial charge in [-0.2, -0.15) is 4.98 Å². The Morgan fingerprint density at radius 2 is 2.33 bits per heavy atom. The molecule has 1 fully saturated rings. The van der Waals surface area contributed by atoms with Crippen molar-refractivity contribution in [3.63, 3.8) is 0 Å². The standard InChI is InChI=1S/C10H19N5/c1-10(2)5-3-4-7(6-10)12-9-13-8(11)14-15-9/h7H,3-6H2,1-2H3,(H4,11,12,13,14,15). The maximum absolute atomic E-state index is 5.47. The first-order chi connectivity index (χ1) is 7.05. The molecule has 15 heavy (non-hydrogen) atoms. The van der Waals surface area contributed by atoms with Crippen LogP contribution in [0.1, 0.15) is 39.5 Å². The van der Waals surface area contributed by atoms with Crippen LogP contribution in [0.5, 0.6) is 0 Å². The van der Waals surface area contributed by atoms with Crippen LogP contribution in [-0.4, -0.2) is 21.2 Å². The molecule has 4 N–H and O–H groups in total. The third-order valence-corrected chi connectivity index (χ3v) is 3.04. The summed E-state index contributed by atoms with van der Waals surface area (Å²) in [5.41, 5.74) is 5.90. The van der Waals surface area contributed by atoms with Crippen LogP contribution in [0.25, 0.3) is 0 Å². The minimum Gasteiger partial charge on any atom is -0.368 e. The molecule has 1 heterocycles. The minimum absolute atomic E-state index is 0.368. The van der Waals surface area contributed by atoms with E-state index in [-0.39, 0.29) is 0 Å². The highest BCUT2D eigenvalue weighted by Crippen LogP contribution is 2.35. The van der Waals surface area contributed by atoms with E-state index in [0.717, 1.165) is 0 Å². The first-order valence-corrected chi connectivity index (χ1v) is 5.50. The van der Waals surface area contributed by atoms with Crippen molar-refractivity contribution in [3.05, 3.63) is 0 Å². The molecule has 1 aromatic heterocycles. The fourth-order valence-corrected chi connectivity index (χ4v) is 2.34. The molecule has 5 nitrogen and oxygen atoms in total. The average Bonchev–Trinajstić information content (AvgIpc) is 2.49. The second kappa shape index (κ2) is 3.72. The first kappa shape index (κ1) is 10.3. The summed E-state index contributed by atoms with van der Waals surface area (Å²) in [5, 5.41) is 9.94. The van der Waals surface area contributed by atoms with Crippen molar-refractivity contribution in [1.29, 1.82) is 0 Å². The third-order valence-electron chi connectivity index (χ3n) is 3.04. The van der Waals surface area contributed by atoms with Gasteiger partial charge in [0.25, 0.3) is 0 Å². The number of hydrogen-bond acceptors (Lipinski definition) is 4. The summed E-state index contributed by atoms with van der Waals surface area (Å²) in [7, 11) is 0. The Balaban J connectivity index is 1.95. The van der Waals surface area contributed by atoms with Crippen LogP contribution >= 0.6 is 0 Å². The smallest absolute Gasteiger partial charge is 0.243 e. The highest BCUT2D eigenvalue weighted by molar-refractivity contribution is 5.31. The summed E-state index contributed by atoms with van der Waals surface area (Å²) in [4.78, 5) is 4.05. The number of nitrogen functional groups attached to an aromatic ring is 1. The van der Waals surface area contributed by atoms with Crippen LogP contribution < -0.4 is 11.1 Å². The summed E-state index contributed by atoms with van der Waals surface area (Å²) in [5.74, 6) is 0.989. The van der Waals surface area contributed by atoms with Gasteiger partial charge in [0.1, 0.15) is 0 Å². The van der Waals surface area contributed by atoms with Gasteiger partial charge in [0, 0.05) is 6.04 Å². The molecule has 1 aromatic rings. The Bertz CT molecular complexity index is 330. The predicted molar refractivity (Wildman–Crippen MR) is 60.5 cm³/mol. The lowest BCUT2D eigenvalue weighted by molar-refractivity contribution is 0.229. The van der Waals surface area contributed by atoms with E-state index in [2.05, 4.69) is 34.3 Å². The fraction of sp³-hybridized carbons (Fsp3) is 0.800. The topological polar surface area (TPSA) is 79.6 Å². The number of rotatable bonds is 2. The van der Waals surface area contributed by atoms with Crippen LogP contribution in [0, 0.1) is 5.41 Å². The molecule has 0 radical (unpaired) electrons. The maximum Gasteiger partial charge on any atom is 0.243 e. The van der Waals surface area contributed by atoms with Gasteiger partial charge < -0.3 is 11.1 Å². The number of H-pyrrole nitrogens is 1. The summed E-state index contributed by atoms with van der Waals surface area (Å²) in [6.45, 7) is 4.63. The number of anilines is 2. The van der Waals surface area contributed by atoms with E-state index >= 15 is 0 Å². The Morgan fingerprint density at radius 1 is 1.53 bits per heavy atom. The molecule has 1 atom stereocenters. The van der Waals surface area contributed by atoms with Crippen molar-refractivity contribution in [1.82, 2.24) is 15.2 Å². The average molecular weight is 209 g/mol. The Labute approximate surface area is 89.9 Å². The van der Waals surface area contributed by atoms with Crippen LogP contribution in [-0.2, 0) is 0 Å². The molecular weight excluding hydrogens is 190 g/mol. The van der Waals surface area contributed by atoms with E-state index in [1.807, 2.05) is 0 Å². The van der Waals surface area contributed by atoms with E-state index in [1.54, 1.807) is 0 Å². The summed E-state index contributed by atoms with van der Waals surface area (Å²) >= 11 is 0. The second-order valence-electron chi connectivity index (χ2n) is 5.15. The van der Waals surface area contributed by atoms with Gasteiger partial charge in [0.2, 0.25) is 11.9 Å². The van der Waals surface area contributed by atoms with E-state index in [0.29, 0.717) is 23.4 Å². The van der Waals surface area contributed by atoms with Crippen LogP contribution in [0.15, 0.2) is 0 Å². The molecule has 1 saturated carbocycles. The minimum atomic E-state index is 0.368. The van der Waals surface area contributed by atoms with Crippen LogP contribution in [0.3, 0.4) is 0 Å². The number of aromatic amines is 1. The largest absolute Gasteiger partial charge is 0.368 e. The molecule has 0 aliphatic heterocycles. The Hall–Kier alpha value is -1.26. The zero-order valence-electron chi connectivity index (χ0n) is 9.38. The quantitative estimate of drug-likeness (QED) is 0.693. The van der Waals surface area contributed by atoms with Gasteiger partial charge in [-0.25, -0.2) is 5.10 Å². The normalized spacial score (nSPS) is 25.1. The molecular formula is C10H19N5. The van der Waals surface area contributed by atoms with Crippen molar-refractivity contribution in [2.75, 3.05) is 11.1 Å².